The summed E-state index contributed by atoms with van der Waals surface area (Å²) in [6.45, 7) is 5.60. The zero-order valence-corrected chi connectivity index (χ0v) is 9.35. The summed E-state index contributed by atoms with van der Waals surface area (Å²) in [5, 5.41) is 0. The average Bonchev–Trinajstić information content (AvgIpc) is 2.17. The van der Waals surface area contributed by atoms with Gasteiger partial charge in [0.25, 0.3) is 0 Å². The largest absolute Gasteiger partial charge is 0.294 e. The molecule has 0 N–H and O–H groups in total. The number of carbonyl (C=O) groups excluding carboxylic acids is 1. The highest BCUT2D eigenvalue weighted by atomic mass is 16.1. The first-order valence-corrected chi connectivity index (χ1v) is 5.70. The molecule has 1 heteroatoms. The Morgan fingerprint density at radius 3 is 2.29 bits per heavy atom. The maximum Gasteiger partial charge on any atom is 0.163 e. The molecule has 0 spiro atoms. The van der Waals surface area contributed by atoms with Gasteiger partial charge in [0.2, 0.25) is 0 Å². The van der Waals surface area contributed by atoms with Gasteiger partial charge in [0.05, 0.1) is 0 Å². The Morgan fingerprint density at radius 1 is 1.14 bits per heavy atom. The van der Waals surface area contributed by atoms with Crippen LogP contribution in [0.25, 0.3) is 0 Å². The Bertz CT molecular complexity index is 187. The van der Waals surface area contributed by atoms with Crippen LogP contribution in [0, 0.1) is 0 Å². The summed E-state index contributed by atoms with van der Waals surface area (Å²) in [5.74, 6) is 0.161. The molecule has 80 valence electrons. The number of rotatable bonds is 9. The second-order valence-electron chi connectivity index (χ2n) is 3.69. The van der Waals surface area contributed by atoms with Crippen LogP contribution in [-0.2, 0) is 4.79 Å². The topological polar surface area (TPSA) is 17.1 Å². The fourth-order valence-electron chi connectivity index (χ4n) is 1.44. The quantitative estimate of drug-likeness (QED) is 0.307. The first kappa shape index (κ1) is 13.2. The van der Waals surface area contributed by atoms with Gasteiger partial charge in [-0.1, -0.05) is 52.0 Å². The normalized spacial score (nSPS) is 9.50. The van der Waals surface area contributed by atoms with E-state index in [0.29, 0.717) is 6.42 Å². The summed E-state index contributed by atoms with van der Waals surface area (Å²) in [5.41, 5.74) is 2.51. The monoisotopic (exact) mass is 194 g/mol. The molecular weight excluding hydrogens is 172 g/mol. The van der Waals surface area contributed by atoms with Crippen molar-refractivity contribution in [1.82, 2.24) is 0 Å². The lowest BCUT2D eigenvalue weighted by Crippen LogP contribution is -1.91. The Labute approximate surface area is 87.9 Å². The van der Waals surface area contributed by atoms with E-state index >= 15 is 0 Å². The number of unbranched alkanes of at least 4 members (excludes halogenated alkanes) is 6. The van der Waals surface area contributed by atoms with E-state index < -0.39 is 0 Å². The van der Waals surface area contributed by atoms with Crippen molar-refractivity contribution in [3.8, 4) is 0 Å². The second kappa shape index (κ2) is 10.3. The van der Waals surface area contributed by atoms with Crippen molar-refractivity contribution in [3.05, 3.63) is 18.4 Å². The van der Waals surface area contributed by atoms with Crippen molar-refractivity contribution in [1.29, 1.82) is 0 Å². The van der Waals surface area contributed by atoms with E-state index in [2.05, 4.69) is 19.2 Å². The van der Waals surface area contributed by atoms with Crippen LogP contribution in [-0.4, -0.2) is 5.78 Å². The Morgan fingerprint density at radius 2 is 1.71 bits per heavy atom. The Hall–Kier alpha value is -0.810. The van der Waals surface area contributed by atoms with Crippen LogP contribution in [0.5, 0.6) is 0 Å². The van der Waals surface area contributed by atoms with E-state index in [0.717, 1.165) is 6.42 Å². The first-order chi connectivity index (χ1) is 6.81. The molecule has 0 saturated heterocycles. The zero-order valence-electron chi connectivity index (χ0n) is 9.35. The van der Waals surface area contributed by atoms with Crippen LogP contribution < -0.4 is 0 Å². The molecule has 0 fully saturated rings. The zero-order chi connectivity index (χ0) is 10.6. The van der Waals surface area contributed by atoms with Gasteiger partial charge < -0.3 is 0 Å². The molecule has 0 amide bonds. The summed E-state index contributed by atoms with van der Waals surface area (Å²) >= 11 is 0. The van der Waals surface area contributed by atoms with Crippen LogP contribution in [0.15, 0.2) is 18.4 Å². The third-order valence-corrected chi connectivity index (χ3v) is 2.29. The summed E-state index contributed by atoms with van der Waals surface area (Å²) in [7, 11) is 0. The minimum absolute atomic E-state index is 0.161. The molecule has 0 rings (SSSR count). The standard InChI is InChI=1S/C13H22O/c1-3-5-6-7-8-9-10-12-13(14)11-4-2/h11H,2-3,5-10,12H2,1H3. The molecule has 0 atom stereocenters. The lowest BCUT2D eigenvalue weighted by molar-refractivity contribution is -0.114. The molecule has 0 aromatic heterocycles. The predicted octanol–water partition coefficient (Wildman–Crippen LogP) is 4.04. The van der Waals surface area contributed by atoms with Crippen LogP contribution >= 0.6 is 0 Å². The third kappa shape index (κ3) is 9.28. The smallest absolute Gasteiger partial charge is 0.163 e. The van der Waals surface area contributed by atoms with E-state index in [-0.39, 0.29) is 5.78 Å². The van der Waals surface area contributed by atoms with E-state index in [1.165, 1.54) is 44.6 Å². The van der Waals surface area contributed by atoms with E-state index in [1.807, 2.05) is 0 Å². The summed E-state index contributed by atoms with van der Waals surface area (Å²) in [6, 6.07) is 0. The van der Waals surface area contributed by atoms with Crippen LogP contribution in [0.3, 0.4) is 0 Å². The highest BCUT2D eigenvalue weighted by molar-refractivity contribution is 5.89. The highest BCUT2D eigenvalue weighted by Gasteiger charge is 1.96. The number of ketones is 1. The van der Waals surface area contributed by atoms with Gasteiger partial charge in [0.15, 0.2) is 5.78 Å². The van der Waals surface area contributed by atoms with Crippen molar-refractivity contribution >= 4 is 5.78 Å². The predicted molar refractivity (Wildman–Crippen MR) is 61.3 cm³/mol. The van der Waals surface area contributed by atoms with Crippen molar-refractivity contribution in [3.63, 3.8) is 0 Å². The van der Waals surface area contributed by atoms with Gasteiger partial charge in [-0.05, 0) is 6.42 Å². The minimum Gasteiger partial charge on any atom is -0.294 e. The van der Waals surface area contributed by atoms with Crippen molar-refractivity contribution in [2.75, 3.05) is 0 Å². The minimum atomic E-state index is 0.161. The van der Waals surface area contributed by atoms with Gasteiger partial charge in [-0.15, -0.1) is 5.73 Å². The Kier molecular flexibility index (Phi) is 9.68. The lowest BCUT2D eigenvalue weighted by atomic mass is 10.1. The fraction of sp³-hybridized carbons (Fsp3) is 0.692. The number of hydrogen-bond donors (Lipinski definition) is 0. The second-order valence-corrected chi connectivity index (χ2v) is 3.69. The molecule has 0 aliphatic rings. The number of hydrogen-bond acceptors (Lipinski definition) is 1. The van der Waals surface area contributed by atoms with Crippen LogP contribution in [0.2, 0.25) is 0 Å². The van der Waals surface area contributed by atoms with Gasteiger partial charge in [0.1, 0.15) is 0 Å². The summed E-state index contributed by atoms with van der Waals surface area (Å²) < 4.78 is 0. The summed E-state index contributed by atoms with van der Waals surface area (Å²) in [4.78, 5) is 11.0. The summed E-state index contributed by atoms with van der Waals surface area (Å²) in [6.07, 6.45) is 10.9. The van der Waals surface area contributed by atoms with Crippen LogP contribution in [0.1, 0.15) is 58.3 Å². The highest BCUT2D eigenvalue weighted by Crippen LogP contribution is 2.08. The average molecular weight is 194 g/mol. The van der Waals surface area contributed by atoms with E-state index in [4.69, 9.17) is 0 Å². The van der Waals surface area contributed by atoms with Gasteiger partial charge >= 0.3 is 0 Å². The van der Waals surface area contributed by atoms with Gasteiger partial charge in [0, 0.05) is 12.5 Å². The van der Waals surface area contributed by atoms with E-state index in [9.17, 15) is 4.79 Å². The van der Waals surface area contributed by atoms with Gasteiger partial charge in [-0.2, -0.15) is 0 Å². The molecule has 0 bridgehead atoms. The maximum atomic E-state index is 11.0. The molecular formula is C13H22O. The van der Waals surface area contributed by atoms with Gasteiger partial charge in [-0.3, -0.25) is 4.79 Å². The third-order valence-electron chi connectivity index (χ3n) is 2.29. The number of allylic oxidation sites excluding steroid dienone is 1. The van der Waals surface area contributed by atoms with Crippen molar-refractivity contribution < 1.29 is 4.79 Å². The van der Waals surface area contributed by atoms with Gasteiger partial charge in [-0.25, -0.2) is 0 Å². The number of carbonyl (C=O) groups is 1. The molecule has 0 radical (unpaired) electrons. The maximum absolute atomic E-state index is 11.0. The SMILES string of the molecule is C=C=CC(=O)CCCCCCCCC. The molecule has 0 aliphatic carbocycles. The molecule has 0 heterocycles. The Balaban J connectivity index is 3.13. The molecule has 0 saturated carbocycles. The molecule has 0 aliphatic heterocycles. The van der Waals surface area contributed by atoms with Crippen LogP contribution in [0.4, 0.5) is 0 Å². The first-order valence-electron chi connectivity index (χ1n) is 5.70. The van der Waals surface area contributed by atoms with Crippen molar-refractivity contribution in [2.45, 2.75) is 58.3 Å². The molecule has 0 unspecified atom stereocenters. The fourth-order valence-corrected chi connectivity index (χ4v) is 1.44. The lowest BCUT2D eigenvalue weighted by Gasteiger charge is -1.99. The van der Waals surface area contributed by atoms with Crippen molar-refractivity contribution in [2.24, 2.45) is 0 Å². The molecule has 0 aromatic rings. The molecule has 0 aromatic carbocycles. The molecule has 14 heavy (non-hydrogen) atoms. The van der Waals surface area contributed by atoms with E-state index in [1.54, 1.807) is 0 Å². The molecule has 1 nitrogen and oxygen atoms in total.